The van der Waals surface area contributed by atoms with E-state index in [9.17, 15) is 0 Å². The molecule has 2 aromatic rings. The van der Waals surface area contributed by atoms with Gasteiger partial charge < -0.3 is 9.26 Å². The van der Waals surface area contributed by atoms with Crippen molar-refractivity contribution in [3.63, 3.8) is 0 Å². The standard InChI is InChI=1S/C10H11ClN4O2/c11-8-3-12-15(4-8)5-9-13-10(14-17-9)7-1-2-16-6-7/h3-4,7H,1-2,5-6H2. The molecule has 0 amide bonds. The largest absolute Gasteiger partial charge is 0.381 e. The molecular formula is C10H11ClN4O2. The summed E-state index contributed by atoms with van der Waals surface area (Å²) < 4.78 is 12.1. The van der Waals surface area contributed by atoms with Crippen molar-refractivity contribution in [2.24, 2.45) is 0 Å². The van der Waals surface area contributed by atoms with Crippen LogP contribution < -0.4 is 0 Å². The predicted molar refractivity (Wildman–Crippen MR) is 58.8 cm³/mol. The first kappa shape index (κ1) is 10.7. The molecule has 1 atom stereocenters. The minimum Gasteiger partial charge on any atom is -0.381 e. The molecule has 90 valence electrons. The molecule has 0 saturated carbocycles. The molecular weight excluding hydrogens is 244 g/mol. The van der Waals surface area contributed by atoms with Crippen LogP contribution >= 0.6 is 11.6 Å². The highest BCUT2D eigenvalue weighted by molar-refractivity contribution is 6.30. The fourth-order valence-corrected chi connectivity index (χ4v) is 1.96. The van der Waals surface area contributed by atoms with Gasteiger partial charge in [-0.2, -0.15) is 10.1 Å². The first-order valence-corrected chi connectivity index (χ1v) is 5.77. The molecule has 6 nitrogen and oxygen atoms in total. The average Bonchev–Trinajstić information content (AvgIpc) is 3.00. The molecule has 1 saturated heterocycles. The molecule has 1 fully saturated rings. The summed E-state index contributed by atoms with van der Waals surface area (Å²) in [6.45, 7) is 1.88. The quantitative estimate of drug-likeness (QED) is 0.830. The Bertz CT molecular complexity index is 504. The van der Waals surface area contributed by atoms with E-state index >= 15 is 0 Å². The Balaban J connectivity index is 1.71. The topological polar surface area (TPSA) is 66.0 Å². The van der Waals surface area contributed by atoms with Gasteiger partial charge in [0.05, 0.1) is 17.8 Å². The molecule has 3 rings (SSSR count). The highest BCUT2D eigenvalue weighted by atomic mass is 35.5. The second-order valence-electron chi connectivity index (χ2n) is 3.96. The van der Waals surface area contributed by atoms with E-state index in [1.54, 1.807) is 17.1 Å². The maximum absolute atomic E-state index is 5.77. The van der Waals surface area contributed by atoms with Crippen molar-refractivity contribution in [2.75, 3.05) is 13.2 Å². The van der Waals surface area contributed by atoms with Gasteiger partial charge in [0.25, 0.3) is 0 Å². The Hall–Kier alpha value is -1.40. The van der Waals surface area contributed by atoms with E-state index in [1.807, 2.05) is 0 Å². The number of hydrogen-bond acceptors (Lipinski definition) is 5. The summed E-state index contributed by atoms with van der Waals surface area (Å²) in [4.78, 5) is 4.34. The second kappa shape index (κ2) is 4.46. The van der Waals surface area contributed by atoms with Crippen LogP contribution in [0.15, 0.2) is 16.9 Å². The molecule has 0 spiro atoms. The van der Waals surface area contributed by atoms with Crippen LogP contribution in [0.2, 0.25) is 5.02 Å². The molecule has 2 aromatic heterocycles. The Morgan fingerprint density at radius 2 is 2.47 bits per heavy atom. The van der Waals surface area contributed by atoms with E-state index in [2.05, 4.69) is 15.2 Å². The molecule has 0 bridgehead atoms. The van der Waals surface area contributed by atoms with Crippen LogP contribution in [0.25, 0.3) is 0 Å². The van der Waals surface area contributed by atoms with Gasteiger partial charge in [0.1, 0.15) is 6.54 Å². The van der Waals surface area contributed by atoms with Crippen molar-refractivity contribution in [2.45, 2.75) is 18.9 Å². The Morgan fingerprint density at radius 1 is 1.53 bits per heavy atom. The maximum Gasteiger partial charge on any atom is 0.248 e. The lowest BCUT2D eigenvalue weighted by molar-refractivity contribution is 0.192. The van der Waals surface area contributed by atoms with E-state index in [-0.39, 0.29) is 5.92 Å². The first-order chi connectivity index (χ1) is 8.31. The third-order valence-corrected chi connectivity index (χ3v) is 2.87. The Labute approximate surface area is 103 Å². The monoisotopic (exact) mass is 254 g/mol. The molecule has 17 heavy (non-hydrogen) atoms. The van der Waals surface area contributed by atoms with Crippen molar-refractivity contribution in [3.05, 3.63) is 29.1 Å². The van der Waals surface area contributed by atoms with Crippen LogP contribution in [-0.4, -0.2) is 33.1 Å². The number of halogens is 1. The van der Waals surface area contributed by atoms with E-state index in [0.717, 1.165) is 18.9 Å². The van der Waals surface area contributed by atoms with Crippen LogP contribution in [0.5, 0.6) is 0 Å². The Kier molecular flexibility index (Phi) is 2.82. The zero-order chi connectivity index (χ0) is 11.7. The second-order valence-corrected chi connectivity index (χ2v) is 4.40. The third-order valence-electron chi connectivity index (χ3n) is 2.68. The van der Waals surface area contributed by atoms with Gasteiger partial charge in [-0.15, -0.1) is 0 Å². The summed E-state index contributed by atoms with van der Waals surface area (Å²) in [6, 6.07) is 0. The molecule has 1 unspecified atom stereocenters. The van der Waals surface area contributed by atoms with Crippen LogP contribution in [0, 0.1) is 0 Å². The fourth-order valence-electron chi connectivity index (χ4n) is 1.80. The van der Waals surface area contributed by atoms with Crippen LogP contribution in [-0.2, 0) is 11.3 Å². The summed E-state index contributed by atoms with van der Waals surface area (Å²) in [5.74, 6) is 1.51. The lowest BCUT2D eigenvalue weighted by Gasteiger charge is -1.97. The molecule has 1 aliphatic rings. The first-order valence-electron chi connectivity index (χ1n) is 5.39. The minimum absolute atomic E-state index is 0.258. The van der Waals surface area contributed by atoms with Crippen molar-refractivity contribution in [1.29, 1.82) is 0 Å². The Morgan fingerprint density at radius 3 is 3.18 bits per heavy atom. The minimum atomic E-state index is 0.258. The summed E-state index contributed by atoms with van der Waals surface area (Å²) in [5, 5.41) is 8.60. The van der Waals surface area contributed by atoms with Crippen molar-refractivity contribution < 1.29 is 9.26 Å². The smallest absolute Gasteiger partial charge is 0.248 e. The van der Waals surface area contributed by atoms with E-state index in [1.165, 1.54) is 0 Å². The van der Waals surface area contributed by atoms with Gasteiger partial charge in [0.15, 0.2) is 5.82 Å². The predicted octanol–water partition coefficient (Wildman–Crippen LogP) is 1.47. The van der Waals surface area contributed by atoms with E-state index < -0.39 is 0 Å². The average molecular weight is 255 g/mol. The van der Waals surface area contributed by atoms with Gasteiger partial charge in [0, 0.05) is 18.7 Å². The third kappa shape index (κ3) is 2.32. The summed E-state index contributed by atoms with van der Waals surface area (Å²) in [7, 11) is 0. The highest BCUT2D eigenvalue weighted by Crippen LogP contribution is 2.22. The zero-order valence-corrected chi connectivity index (χ0v) is 9.80. The molecule has 0 aliphatic carbocycles. The number of hydrogen-bond donors (Lipinski definition) is 0. The van der Waals surface area contributed by atoms with Crippen LogP contribution in [0.3, 0.4) is 0 Å². The fraction of sp³-hybridized carbons (Fsp3) is 0.500. The molecule has 0 N–H and O–H groups in total. The molecule has 7 heteroatoms. The van der Waals surface area contributed by atoms with Crippen LogP contribution in [0.1, 0.15) is 24.1 Å². The summed E-state index contributed by atoms with van der Waals surface area (Å²) in [5.41, 5.74) is 0. The number of nitrogens with zero attached hydrogens (tertiary/aromatic N) is 4. The van der Waals surface area contributed by atoms with E-state index in [4.69, 9.17) is 20.9 Å². The van der Waals surface area contributed by atoms with Crippen molar-refractivity contribution in [3.8, 4) is 0 Å². The molecule has 3 heterocycles. The lowest BCUT2D eigenvalue weighted by Crippen LogP contribution is -2.02. The van der Waals surface area contributed by atoms with Crippen molar-refractivity contribution >= 4 is 11.6 Å². The zero-order valence-electron chi connectivity index (χ0n) is 9.04. The molecule has 0 radical (unpaired) electrons. The van der Waals surface area contributed by atoms with Gasteiger partial charge in [-0.1, -0.05) is 16.8 Å². The normalized spacial score (nSPS) is 19.9. The number of aromatic nitrogens is 4. The SMILES string of the molecule is Clc1cnn(Cc2nc(C3CCOC3)no2)c1. The van der Waals surface area contributed by atoms with Gasteiger partial charge in [0.2, 0.25) is 5.89 Å². The van der Waals surface area contributed by atoms with Gasteiger partial charge in [-0.25, -0.2) is 0 Å². The van der Waals surface area contributed by atoms with Gasteiger partial charge in [-0.05, 0) is 6.42 Å². The number of rotatable bonds is 3. The number of ether oxygens (including phenoxy) is 1. The lowest BCUT2D eigenvalue weighted by atomic mass is 10.1. The molecule has 1 aliphatic heterocycles. The van der Waals surface area contributed by atoms with Gasteiger partial charge >= 0.3 is 0 Å². The highest BCUT2D eigenvalue weighted by Gasteiger charge is 2.23. The summed E-state index contributed by atoms with van der Waals surface area (Å²) in [6.07, 6.45) is 4.24. The maximum atomic E-state index is 5.77. The van der Waals surface area contributed by atoms with E-state index in [0.29, 0.717) is 24.1 Å². The van der Waals surface area contributed by atoms with Crippen molar-refractivity contribution in [1.82, 2.24) is 19.9 Å². The van der Waals surface area contributed by atoms with Gasteiger partial charge in [-0.3, -0.25) is 4.68 Å². The summed E-state index contributed by atoms with van der Waals surface area (Å²) >= 11 is 5.77. The van der Waals surface area contributed by atoms with Crippen LogP contribution in [0.4, 0.5) is 0 Å². The molecule has 0 aromatic carbocycles.